The number of aryl methyl sites for hydroxylation is 2. The van der Waals surface area contributed by atoms with Crippen molar-refractivity contribution in [3.05, 3.63) is 34.7 Å². The molecule has 2 aromatic rings. The molecule has 5 heteroatoms. The van der Waals surface area contributed by atoms with E-state index >= 15 is 0 Å². The Labute approximate surface area is 141 Å². The van der Waals surface area contributed by atoms with Crippen molar-refractivity contribution in [2.24, 2.45) is 5.92 Å². The van der Waals surface area contributed by atoms with E-state index in [1.807, 2.05) is 5.38 Å². The highest BCUT2D eigenvalue weighted by Gasteiger charge is 2.16. The predicted octanol–water partition coefficient (Wildman–Crippen LogP) is 3.76. The maximum atomic E-state index is 12.1. The maximum Gasteiger partial charge on any atom is 0.226 e. The summed E-state index contributed by atoms with van der Waals surface area (Å²) < 4.78 is 0. The SMILES string of the molecule is Cc1ccc(-c2csc(NC(=O)CCC3CCNC3)n2)c(C)c1. The summed E-state index contributed by atoms with van der Waals surface area (Å²) in [7, 11) is 0. The third-order valence-corrected chi connectivity index (χ3v) is 5.11. The van der Waals surface area contributed by atoms with Gasteiger partial charge >= 0.3 is 0 Å². The van der Waals surface area contributed by atoms with E-state index in [1.165, 1.54) is 28.9 Å². The van der Waals surface area contributed by atoms with Gasteiger partial charge in [0.1, 0.15) is 0 Å². The lowest BCUT2D eigenvalue weighted by atomic mass is 10.0. The van der Waals surface area contributed by atoms with Crippen molar-refractivity contribution in [2.45, 2.75) is 33.1 Å². The van der Waals surface area contributed by atoms with E-state index in [4.69, 9.17) is 0 Å². The zero-order valence-corrected chi connectivity index (χ0v) is 14.5. The molecule has 3 rings (SSSR count). The molecule has 1 aromatic heterocycles. The minimum atomic E-state index is 0.0680. The van der Waals surface area contributed by atoms with Gasteiger partial charge in [-0.25, -0.2) is 4.98 Å². The second-order valence-electron chi connectivity index (χ2n) is 6.30. The molecule has 1 saturated heterocycles. The molecular formula is C18H23N3OS. The third-order valence-electron chi connectivity index (χ3n) is 4.35. The van der Waals surface area contributed by atoms with Crippen molar-refractivity contribution < 1.29 is 4.79 Å². The summed E-state index contributed by atoms with van der Waals surface area (Å²) in [6.07, 6.45) is 2.71. The summed E-state index contributed by atoms with van der Waals surface area (Å²) in [4.78, 5) is 16.6. The highest BCUT2D eigenvalue weighted by atomic mass is 32.1. The zero-order chi connectivity index (χ0) is 16.2. The molecule has 1 unspecified atom stereocenters. The Morgan fingerprint density at radius 3 is 3.04 bits per heavy atom. The largest absolute Gasteiger partial charge is 0.316 e. The zero-order valence-electron chi connectivity index (χ0n) is 13.7. The Hall–Kier alpha value is -1.72. The summed E-state index contributed by atoms with van der Waals surface area (Å²) >= 11 is 1.49. The molecule has 0 aliphatic carbocycles. The van der Waals surface area contributed by atoms with Gasteiger partial charge in [-0.3, -0.25) is 4.79 Å². The van der Waals surface area contributed by atoms with Gasteiger partial charge in [-0.1, -0.05) is 23.8 Å². The van der Waals surface area contributed by atoms with E-state index in [-0.39, 0.29) is 5.91 Å². The van der Waals surface area contributed by atoms with Crippen molar-refractivity contribution in [3.8, 4) is 11.3 Å². The fraction of sp³-hybridized carbons (Fsp3) is 0.444. The molecule has 0 saturated carbocycles. The number of carbonyl (C=O) groups excluding carboxylic acids is 1. The van der Waals surface area contributed by atoms with E-state index in [9.17, 15) is 4.79 Å². The number of aromatic nitrogens is 1. The van der Waals surface area contributed by atoms with Gasteiger partial charge in [-0.15, -0.1) is 11.3 Å². The number of benzene rings is 1. The van der Waals surface area contributed by atoms with Gasteiger partial charge in [0, 0.05) is 17.4 Å². The van der Waals surface area contributed by atoms with Gasteiger partial charge in [-0.05, 0) is 51.3 Å². The fourth-order valence-electron chi connectivity index (χ4n) is 3.03. The molecule has 23 heavy (non-hydrogen) atoms. The summed E-state index contributed by atoms with van der Waals surface area (Å²) in [6, 6.07) is 6.34. The second kappa shape index (κ2) is 7.23. The van der Waals surface area contributed by atoms with Crippen LogP contribution < -0.4 is 10.6 Å². The summed E-state index contributed by atoms with van der Waals surface area (Å²) in [5.41, 5.74) is 4.52. The number of amides is 1. The van der Waals surface area contributed by atoms with Crippen LogP contribution in [0, 0.1) is 19.8 Å². The number of carbonyl (C=O) groups is 1. The minimum Gasteiger partial charge on any atom is -0.316 e. The lowest BCUT2D eigenvalue weighted by Gasteiger charge is -2.07. The highest BCUT2D eigenvalue weighted by molar-refractivity contribution is 7.14. The minimum absolute atomic E-state index is 0.0680. The number of thiazole rings is 1. The average molecular weight is 329 g/mol. The van der Waals surface area contributed by atoms with Crippen LogP contribution in [0.1, 0.15) is 30.4 Å². The van der Waals surface area contributed by atoms with Crippen molar-refractivity contribution >= 4 is 22.4 Å². The van der Waals surface area contributed by atoms with E-state index < -0.39 is 0 Å². The van der Waals surface area contributed by atoms with Crippen molar-refractivity contribution in [2.75, 3.05) is 18.4 Å². The second-order valence-corrected chi connectivity index (χ2v) is 7.16. The molecule has 1 amide bonds. The molecule has 1 aliphatic heterocycles. The first-order valence-electron chi connectivity index (χ1n) is 8.15. The van der Waals surface area contributed by atoms with Crippen molar-refractivity contribution in [1.82, 2.24) is 10.3 Å². The average Bonchev–Trinajstić information content (AvgIpc) is 3.17. The summed E-state index contributed by atoms with van der Waals surface area (Å²) in [5, 5.41) is 8.97. The van der Waals surface area contributed by atoms with Gasteiger partial charge in [0.15, 0.2) is 5.13 Å². The molecule has 2 heterocycles. The number of nitrogens with one attached hydrogen (secondary N) is 2. The molecule has 1 atom stereocenters. The van der Waals surface area contributed by atoms with E-state index in [0.29, 0.717) is 17.5 Å². The Morgan fingerprint density at radius 2 is 2.30 bits per heavy atom. The van der Waals surface area contributed by atoms with Gasteiger partial charge in [-0.2, -0.15) is 0 Å². The van der Waals surface area contributed by atoms with Crippen LogP contribution >= 0.6 is 11.3 Å². The lowest BCUT2D eigenvalue weighted by molar-refractivity contribution is -0.116. The third kappa shape index (κ3) is 4.18. The molecule has 122 valence electrons. The monoisotopic (exact) mass is 329 g/mol. The first kappa shape index (κ1) is 16.1. The number of nitrogens with zero attached hydrogens (tertiary/aromatic N) is 1. The van der Waals surface area contributed by atoms with Crippen molar-refractivity contribution in [3.63, 3.8) is 0 Å². The standard InChI is InChI=1S/C18H23N3OS/c1-12-3-5-15(13(2)9-12)16-11-23-18(20-16)21-17(22)6-4-14-7-8-19-10-14/h3,5,9,11,14,19H,4,6-8,10H2,1-2H3,(H,20,21,22). The van der Waals surface area contributed by atoms with Crippen LogP contribution in [0.15, 0.2) is 23.6 Å². The van der Waals surface area contributed by atoms with Crippen LogP contribution in [0.25, 0.3) is 11.3 Å². The number of rotatable bonds is 5. The van der Waals surface area contributed by atoms with Crippen molar-refractivity contribution in [1.29, 1.82) is 0 Å². The van der Waals surface area contributed by atoms with Crippen LogP contribution in [-0.2, 0) is 4.79 Å². The molecule has 2 N–H and O–H groups in total. The summed E-state index contributed by atoms with van der Waals surface area (Å²) in [5.74, 6) is 0.709. The Balaban J connectivity index is 1.59. The fourth-order valence-corrected chi connectivity index (χ4v) is 3.76. The van der Waals surface area contributed by atoms with Gasteiger partial charge in [0.25, 0.3) is 0 Å². The quantitative estimate of drug-likeness (QED) is 0.878. The lowest BCUT2D eigenvalue weighted by Crippen LogP contribution is -2.14. The van der Waals surface area contributed by atoms with Crippen LogP contribution in [-0.4, -0.2) is 24.0 Å². The number of anilines is 1. The van der Waals surface area contributed by atoms with E-state index in [1.54, 1.807) is 0 Å². The number of hydrogen-bond donors (Lipinski definition) is 2. The van der Waals surface area contributed by atoms with Crippen LogP contribution in [0.5, 0.6) is 0 Å². The topological polar surface area (TPSA) is 54.0 Å². The molecule has 0 radical (unpaired) electrons. The number of hydrogen-bond acceptors (Lipinski definition) is 4. The molecule has 1 aliphatic rings. The van der Waals surface area contributed by atoms with E-state index in [0.717, 1.165) is 30.8 Å². The molecular weight excluding hydrogens is 306 g/mol. The first-order valence-corrected chi connectivity index (χ1v) is 9.03. The van der Waals surface area contributed by atoms with Gasteiger partial charge in [0.05, 0.1) is 5.69 Å². The molecule has 1 fully saturated rings. The van der Waals surface area contributed by atoms with Crippen LogP contribution in [0.4, 0.5) is 5.13 Å². The molecule has 4 nitrogen and oxygen atoms in total. The molecule has 1 aromatic carbocycles. The Morgan fingerprint density at radius 1 is 1.43 bits per heavy atom. The predicted molar refractivity (Wildman–Crippen MR) is 95.9 cm³/mol. The Bertz CT molecular complexity index is 689. The maximum absolute atomic E-state index is 12.1. The van der Waals surface area contributed by atoms with Gasteiger partial charge in [0.2, 0.25) is 5.91 Å². The molecule has 0 bridgehead atoms. The summed E-state index contributed by atoms with van der Waals surface area (Å²) in [6.45, 7) is 6.30. The molecule has 0 spiro atoms. The smallest absolute Gasteiger partial charge is 0.226 e. The van der Waals surface area contributed by atoms with Crippen LogP contribution in [0.3, 0.4) is 0 Å². The normalized spacial score (nSPS) is 17.4. The first-order chi connectivity index (χ1) is 11.1. The van der Waals surface area contributed by atoms with Gasteiger partial charge < -0.3 is 10.6 Å². The highest BCUT2D eigenvalue weighted by Crippen LogP contribution is 2.28. The van der Waals surface area contributed by atoms with Crippen LogP contribution in [0.2, 0.25) is 0 Å². The van der Waals surface area contributed by atoms with E-state index in [2.05, 4.69) is 47.7 Å². The Kier molecular flexibility index (Phi) is 5.08.